The SMILES string of the molecule is CCC(O)[C@@H]1CCCN1.O=C(O)C(F)(F)F. The van der Waals surface area contributed by atoms with E-state index >= 15 is 0 Å². The topological polar surface area (TPSA) is 69.6 Å². The molecule has 0 amide bonds. The summed E-state index contributed by atoms with van der Waals surface area (Å²) in [4.78, 5) is 8.90. The highest BCUT2D eigenvalue weighted by Crippen LogP contribution is 2.13. The Bertz CT molecular complexity index is 215. The van der Waals surface area contributed by atoms with E-state index in [0.717, 1.165) is 19.4 Å². The van der Waals surface area contributed by atoms with E-state index in [-0.39, 0.29) is 6.10 Å². The maximum absolute atomic E-state index is 10.6. The zero-order chi connectivity index (χ0) is 12.8. The van der Waals surface area contributed by atoms with Gasteiger partial charge in [-0.15, -0.1) is 0 Å². The highest BCUT2D eigenvalue weighted by atomic mass is 19.4. The Morgan fingerprint density at radius 3 is 2.31 bits per heavy atom. The Morgan fingerprint density at radius 2 is 2.06 bits per heavy atom. The van der Waals surface area contributed by atoms with Gasteiger partial charge in [0.2, 0.25) is 0 Å². The zero-order valence-electron chi connectivity index (χ0n) is 8.92. The van der Waals surface area contributed by atoms with Gasteiger partial charge in [-0.1, -0.05) is 6.92 Å². The Labute approximate surface area is 91.5 Å². The van der Waals surface area contributed by atoms with Crippen LogP contribution in [0.15, 0.2) is 0 Å². The normalized spacial score (nSPS) is 22.2. The van der Waals surface area contributed by atoms with Gasteiger partial charge in [-0.25, -0.2) is 4.79 Å². The van der Waals surface area contributed by atoms with Crippen LogP contribution in [0.25, 0.3) is 0 Å². The zero-order valence-corrected chi connectivity index (χ0v) is 8.92. The van der Waals surface area contributed by atoms with Gasteiger partial charge in [0.15, 0.2) is 0 Å². The average Bonchev–Trinajstić information content (AvgIpc) is 2.69. The van der Waals surface area contributed by atoms with E-state index in [1.165, 1.54) is 6.42 Å². The molecule has 2 atom stereocenters. The number of nitrogens with one attached hydrogen (secondary N) is 1. The van der Waals surface area contributed by atoms with E-state index in [4.69, 9.17) is 9.90 Å². The Hall–Kier alpha value is -0.820. The molecule has 0 aromatic heterocycles. The van der Waals surface area contributed by atoms with Gasteiger partial charge in [-0.3, -0.25) is 0 Å². The lowest BCUT2D eigenvalue weighted by atomic mass is 10.1. The van der Waals surface area contributed by atoms with Gasteiger partial charge in [0.05, 0.1) is 6.10 Å². The number of carboxylic acids is 1. The molecule has 1 aliphatic heterocycles. The van der Waals surface area contributed by atoms with Crippen molar-refractivity contribution in [2.24, 2.45) is 0 Å². The van der Waals surface area contributed by atoms with E-state index in [1.54, 1.807) is 0 Å². The molecule has 0 bridgehead atoms. The second kappa shape index (κ2) is 6.70. The number of hydrogen-bond donors (Lipinski definition) is 3. The number of aliphatic hydroxyl groups excluding tert-OH is 1. The summed E-state index contributed by atoms with van der Waals surface area (Å²) < 4.78 is 31.7. The van der Waals surface area contributed by atoms with Crippen molar-refractivity contribution in [1.29, 1.82) is 0 Å². The van der Waals surface area contributed by atoms with Gasteiger partial charge < -0.3 is 15.5 Å². The molecule has 0 aliphatic carbocycles. The summed E-state index contributed by atoms with van der Waals surface area (Å²) in [6, 6.07) is 0.384. The number of carboxylic acid groups (broad SMARTS) is 1. The lowest BCUT2D eigenvalue weighted by Crippen LogP contribution is -2.33. The fourth-order valence-electron chi connectivity index (χ4n) is 1.32. The smallest absolute Gasteiger partial charge is 0.475 e. The summed E-state index contributed by atoms with van der Waals surface area (Å²) in [5.74, 6) is -2.76. The number of halogens is 3. The molecule has 1 fully saturated rings. The maximum Gasteiger partial charge on any atom is 0.490 e. The van der Waals surface area contributed by atoms with E-state index in [0.29, 0.717) is 6.04 Å². The molecule has 1 saturated heterocycles. The molecule has 1 heterocycles. The molecular formula is C9H16F3NO3. The molecule has 0 radical (unpaired) electrons. The number of aliphatic carboxylic acids is 1. The van der Waals surface area contributed by atoms with E-state index in [1.807, 2.05) is 6.92 Å². The Kier molecular flexibility index (Phi) is 6.35. The second-order valence-electron chi connectivity index (χ2n) is 3.48. The molecular weight excluding hydrogens is 227 g/mol. The summed E-state index contributed by atoms with van der Waals surface area (Å²) >= 11 is 0. The van der Waals surface area contributed by atoms with E-state index < -0.39 is 12.1 Å². The van der Waals surface area contributed by atoms with E-state index in [2.05, 4.69) is 5.32 Å². The van der Waals surface area contributed by atoms with Crippen LogP contribution in [0.2, 0.25) is 0 Å². The summed E-state index contributed by atoms with van der Waals surface area (Å²) in [7, 11) is 0. The van der Waals surface area contributed by atoms with Crippen molar-refractivity contribution >= 4 is 5.97 Å². The fraction of sp³-hybridized carbons (Fsp3) is 0.889. The molecule has 0 saturated carbocycles. The largest absolute Gasteiger partial charge is 0.490 e. The van der Waals surface area contributed by atoms with Crippen LogP contribution in [0.3, 0.4) is 0 Å². The fourth-order valence-corrected chi connectivity index (χ4v) is 1.32. The van der Waals surface area contributed by atoms with E-state index in [9.17, 15) is 18.3 Å². The first kappa shape index (κ1) is 15.2. The number of carbonyl (C=O) groups is 1. The van der Waals surface area contributed by atoms with Crippen LogP contribution in [-0.4, -0.2) is 41.0 Å². The summed E-state index contributed by atoms with van der Waals surface area (Å²) in [6.07, 6.45) is -1.96. The summed E-state index contributed by atoms with van der Waals surface area (Å²) in [5.41, 5.74) is 0. The van der Waals surface area contributed by atoms with Gasteiger partial charge in [0.25, 0.3) is 0 Å². The molecule has 96 valence electrons. The van der Waals surface area contributed by atoms with Crippen molar-refractivity contribution in [3.63, 3.8) is 0 Å². The first-order chi connectivity index (χ1) is 7.29. The monoisotopic (exact) mass is 243 g/mol. The first-order valence-electron chi connectivity index (χ1n) is 5.00. The molecule has 7 heteroatoms. The molecule has 1 aliphatic rings. The van der Waals surface area contributed by atoms with Crippen LogP contribution in [0.1, 0.15) is 26.2 Å². The third-order valence-electron chi connectivity index (χ3n) is 2.22. The molecule has 1 rings (SSSR count). The predicted molar refractivity (Wildman–Crippen MR) is 51.0 cm³/mol. The minimum absolute atomic E-state index is 0.118. The molecule has 0 aromatic rings. The first-order valence-corrected chi connectivity index (χ1v) is 5.00. The van der Waals surface area contributed by atoms with Crippen LogP contribution >= 0.6 is 0 Å². The van der Waals surface area contributed by atoms with Gasteiger partial charge in [-0.05, 0) is 25.8 Å². The molecule has 0 aromatic carbocycles. The van der Waals surface area contributed by atoms with Crippen molar-refractivity contribution in [3.8, 4) is 0 Å². The van der Waals surface area contributed by atoms with Gasteiger partial charge in [0.1, 0.15) is 0 Å². The minimum atomic E-state index is -5.08. The summed E-state index contributed by atoms with van der Waals surface area (Å²) in [5, 5.41) is 19.7. The van der Waals surface area contributed by atoms with Crippen LogP contribution in [0.4, 0.5) is 13.2 Å². The van der Waals surface area contributed by atoms with Crippen LogP contribution in [-0.2, 0) is 4.79 Å². The molecule has 0 spiro atoms. The van der Waals surface area contributed by atoms with Gasteiger partial charge in [0, 0.05) is 6.04 Å². The van der Waals surface area contributed by atoms with Gasteiger partial charge >= 0.3 is 12.1 Å². The van der Waals surface area contributed by atoms with Crippen molar-refractivity contribution in [1.82, 2.24) is 5.32 Å². The third kappa shape index (κ3) is 5.92. The Balaban J connectivity index is 0.000000293. The number of aliphatic hydroxyl groups is 1. The maximum atomic E-state index is 10.6. The van der Waals surface area contributed by atoms with Crippen molar-refractivity contribution in [2.45, 2.75) is 44.5 Å². The van der Waals surface area contributed by atoms with Crippen molar-refractivity contribution < 1.29 is 28.2 Å². The molecule has 1 unspecified atom stereocenters. The van der Waals surface area contributed by atoms with Crippen molar-refractivity contribution in [2.75, 3.05) is 6.54 Å². The minimum Gasteiger partial charge on any atom is -0.475 e. The lowest BCUT2D eigenvalue weighted by molar-refractivity contribution is -0.192. The Morgan fingerprint density at radius 1 is 1.56 bits per heavy atom. The number of alkyl halides is 3. The number of hydrogen-bond acceptors (Lipinski definition) is 3. The standard InChI is InChI=1S/C7H15NO.C2HF3O2/c1-2-7(9)6-4-3-5-8-6;3-2(4,5)1(6)7/h6-9H,2-5H2,1H3;(H,6,7)/t6-,7?;/m0./s1. The van der Waals surface area contributed by atoms with Gasteiger partial charge in [-0.2, -0.15) is 13.2 Å². The molecule has 4 nitrogen and oxygen atoms in total. The van der Waals surface area contributed by atoms with Crippen molar-refractivity contribution in [3.05, 3.63) is 0 Å². The van der Waals surface area contributed by atoms with Crippen LogP contribution in [0, 0.1) is 0 Å². The second-order valence-corrected chi connectivity index (χ2v) is 3.48. The van der Waals surface area contributed by atoms with Crippen LogP contribution < -0.4 is 5.32 Å². The average molecular weight is 243 g/mol. The number of rotatable bonds is 2. The highest BCUT2D eigenvalue weighted by Gasteiger charge is 2.38. The predicted octanol–water partition coefficient (Wildman–Crippen LogP) is 1.14. The molecule has 16 heavy (non-hydrogen) atoms. The molecule has 3 N–H and O–H groups in total. The summed E-state index contributed by atoms with van der Waals surface area (Å²) in [6.45, 7) is 3.10. The lowest BCUT2D eigenvalue weighted by Gasteiger charge is -2.15. The highest BCUT2D eigenvalue weighted by molar-refractivity contribution is 5.73. The quantitative estimate of drug-likeness (QED) is 0.680. The van der Waals surface area contributed by atoms with Crippen LogP contribution in [0.5, 0.6) is 0 Å². The third-order valence-corrected chi connectivity index (χ3v) is 2.22.